The molecule has 2 aromatic carbocycles. The van der Waals surface area contributed by atoms with Gasteiger partial charge in [-0.05, 0) is 55.6 Å². The van der Waals surface area contributed by atoms with E-state index in [2.05, 4.69) is 85.9 Å². The van der Waals surface area contributed by atoms with E-state index in [0.717, 1.165) is 13.0 Å². The minimum absolute atomic E-state index is 0. The summed E-state index contributed by atoms with van der Waals surface area (Å²) in [5.41, 5.74) is 3.91. The second-order valence-electron chi connectivity index (χ2n) is 5.31. The summed E-state index contributed by atoms with van der Waals surface area (Å²) in [5.74, 6) is 0. The molecule has 0 aliphatic heterocycles. The van der Waals surface area contributed by atoms with Gasteiger partial charge in [0.2, 0.25) is 0 Å². The van der Waals surface area contributed by atoms with Gasteiger partial charge in [-0.1, -0.05) is 48.5 Å². The normalized spacial score (nSPS) is 11.4. The molecule has 0 amide bonds. The number of nitrogens with zero attached hydrogens (tertiary/aromatic N) is 1. The number of halogens is 1. The molecule has 1 nitrogen and oxygen atoms in total. The maximum absolute atomic E-state index is 2.36. The Balaban J connectivity index is 0.00000242. The van der Waals surface area contributed by atoms with E-state index in [4.69, 9.17) is 0 Å². The fourth-order valence-corrected chi connectivity index (χ4v) is 2.74. The van der Waals surface area contributed by atoms with Crippen molar-refractivity contribution >= 4 is 29.7 Å². The predicted molar refractivity (Wildman–Crippen MR) is 102 cm³/mol. The first kappa shape index (κ1) is 18.8. The summed E-state index contributed by atoms with van der Waals surface area (Å²) in [6.45, 7) is 1.07. The van der Waals surface area contributed by atoms with E-state index in [-0.39, 0.29) is 12.4 Å². The van der Waals surface area contributed by atoms with Crippen molar-refractivity contribution in [2.24, 2.45) is 0 Å². The number of hydrogen-bond donors (Lipinski definition) is 0. The third-order valence-corrected chi connectivity index (χ3v) is 4.12. The van der Waals surface area contributed by atoms with Crippen LogP contribution in [-0.2, 0) is 0 Å². The zero-order chi connectivity index (χ0) is 15.1. The summed E-state index contributed by atoms with van der Waals surface area (Å²) >= 11 is 1.79. The second kappa shape index (κ2) is 9.73. The van der Waals surface area contributed by atoms with Crippen LogP contribution in [0.1, 0.15) is 17.5 Å². The van der Waals surface area contributed by atoms with Crippen molar-refractivity contribution in [1.29, 1.82) is 0 Å². The van der Waals surface area contributed by atoms with Gasteiger partial charge in [0.05, 0.1) is 0 Å². The Kier molecular flexibility index (Phi) is 8.32. The van der Waals surface area contributed by atoms with Crippen LogP contribution in [0.3, 0.4) is 0 Å². The lowest BCUT2D eigenvalue weighted by Gasteiger charge is -2.12. The molecule has 0 radical (unpaired) electrons. The molecule has 0 saturated heterocycles. The fourth-order valence-electron chi connectivity index (χ4n) is 2.28. The monoisotopic (exact) mass is 333 g/mol. The third kappa shape index (κ3) is 5.53. The maximum Gasteiger partial charge on any atom is 0.00752 e. The summed E-state index contributed by atoms with van der Waals surface area (Å²) in [6, 6.07) is 19.4. The highest BCUT2D eigenvalue weighted by Gasteiger charge is 2.05. The highest BCUT2D eigenvalue weighted by atomic mass is 35.5. The largest absolute Gasteiger partial charge is 0.309 e. The van der Waals surface area contributed by atoms with Gasteiger partial charge in [0.25, 0.3) is 0 Å². The highest BCUT2D eigenvalue weighted by molar-refractivity contribution is 7.98. The van der Waals surface area contributed by atoms with Gasteiger partial charge < -0.3 is 4.90 Å². The van der Waals surface area contributed by atoms with Gasteiger partial charge in [-0.15, -0.1) is 24.2 Å². The Morgan fingerprint density at radius 2 is 1.68 bits per heavy atom. The van der Waals surface area contributed by atoms with E-state index in [1.807, 2.05) is 0 Å². The molecule has 0 aliphatic rings. The van der Waals surface area contributed by atoms with Crippen molar-refractivity contribution in [1.82, 2.24) is 4.90 Å². The Morgan fingerprint density at radius 3 is 2.32 bits per heavy atom. The second-order valence-corrected chi connectivity index (χ2v) is 6.19. The zero-order valence-electron chi connectivity index (χ0n) is 13.5. The van der Waals surface area contributed by atoms with Crippen molar-refractivity contribution in [3.63, 3.8) is 0 Å². The van der Waals surface area contributed by atoms with Gasteiger partial charge in [-0.3, -0.25) is 0 Å². The summed E-state index contributed by atoms with van der Waals surface area (Å²) in [5, 5.41) is 0. The molecular formula is C19H24ClNS. The van der Waals surface area contributed by atoms with E-state index < -0.39 is 0 Å². The van der Waals surface area contributed by atoms with Crippen molar-refractivity contribution in [3.8, 4) is 0 Å². The van der Waals surface area contributed by atoms with E-state index in [9.17, 15) is 0 Å². The van der Waals surface area contributed by atoms with Crippen molar-refractivity contribution < 1.29 is 0 Å². The molecule has 0 saturated carbocycles. The SMILES string of the molecule is CSc1cccc(C(=CCCN(C)C)c2ccccc2)c1.Cl. The molecule has 0 aromatic heterocycles. The molecule has 3 heteroatoms. The molecule has 0 aliphatic carbocycles. The smallest absolute Gasteiger partial charge is 0.00752 e. The number of benzene rings is 2. The Hall–Kier alpha value is -1.22. The molecule has 0 bridgehead atoms. The van der Waals surface area contributed by atoms with Gasteiger partial charge in [0, 0.05) is 11.4 Å². The van der Waals surface area contributed by atoms with Crippen LogP contribution in [0, 0.1) is 0 Å². The fraction of sp³-hybridized carbons (Fsp3) is 0.263. The number of thioether (sulfide) groups is 1. The zero-order valence-corrected chi connectivity index (χ0v) is 15.1. The van der Waals surface area contributed by atoms with Crippen molar-refractivity contribution in [2.45, 2.75) is 11.3 Å². The van der Waals surface area contributed by atoms with Crippen LogP contribution in [-0.4, -0.2) is 31.8 Å². The van der Waals surface area contributed by atoms with Gasteiger partial charge in [0.15, 0.2) is 0 Å². The van der Waals surface area contributed by atoms with Crippen LogP contribution >= 0.6 is 24.2 Å². The maximum atomic E-state index is 2.36. The highest BCUT2D eigenvalue weighted by Crippen LogP contribution is 2.27. The lowest BCUT2D eigenvalue weighted by molar-refractivity contribution is 0.417. The van der Waals surface area contributed by atoms with Crippen LogP contribution in [0.25, 0.3) is 5.57 Å². The summed E-state index contributed by atoms with van der Waals surface area (Å²) in [4.78, 5) is 3.53. The first-order valence-electron chi connectivity index (χ1n) is 7.25. The van der Waals surface area contributed by atoms with Crippen molar-refractivity contribution in [3.05, 3.63) is 71.8 Å². The summed E-state index contributed by atoms with van der Waals surface area (Å²) in [7, 11) is 4.23. The Labute approximate surface area is 144 Å². The van der Waals surface area contributed by atoms with Gasteiger partial charge in [-0.2, -0.15) is 0 Å². The van der Waals surface area contributed by atoms with E-state index >= 15 is 0 Å². The first-order chi connectivity index (χ1) is 10.2. The first-order valence-corrected chi connectivity index (χ1v) is 8.48. The van der Waals surface area contributed by atoms with E-state index in [0.29, 0.717) is 0 Å². The third-order valence-electron chi connectivity index (χ3n) is 3.39. The molecule has 0 fully saturated rings. The molecule has 0 heterocycles. The molecule has 118 valence electrons. The van der Waals surface area contributed by atoms with Gasteiger partial charge in [-0.25, -0.2) is 0 Å². The average molecular weight is 334 g/mol. The van der Waals surface area contributed by atoms with Crippen LogP contribution < -0.4 is 0 Å². The van der Waals surface area contributed by atoms with E-state index in [1.54, 1.807) is 11.8 Å². The number of rotatable bonds is 6. The lowest BCUT2D eigenvalue weighted by atomic mass is 9.97. The van der Waals surface area contributed by atoms with Crippen molar-refractivity contribution in [2.75, 3.05) is 26.9 Å². The Morgan fingerprint density at radius 1 is 1.00 bits per heavy atom. The van der Waals surface area contributed by atoms with Crippen LogP contribution in [0.15, 0.2) is 65.6 Å². The number of hydrogen-bond acceptors (Lipinski definition) is 2. The molecule has 2 aromatic rings. The van der Waals surface area contributed by atoms with Crippen LogP contribution in [0.5, 0.6) is 0 Å². The van der Waals surface area contributed by atoms with E-state index in [1.165, 1.54) is 21.6 Å². The standard InChI is InChI=1S/C19H23NS.ClH/c1-20(2)14-8-13-19(16-9-5-4-6-10-16)17-11-7-12-18(15-17)21-3;/h4-7,9-13,15H,8,14H2,1-3H3;1H. The topological polar surface area (TPSA) is 3.24 Å². The van der Waals surface area contributed by atoms with Crippen LogP contribution in [0.2, 0.25) is 0 Å². The molecule has 0 spiro atoms. The van der Waals surface area contributed by atoms with Gasteiger partial charge >= 0.3 is 0 Å². The molecule has 0 N–H and O–H groups in total. The minimum Gasteiger partial charge on any atom is -0.309 e. The summed E-state index contributed by atoms with van der Waals surface area (Å²) < 4.78 is 0. The average Bonchev–Trinajstić information content (AvgIpc) is 2.52. The van der Waals surface area contributed by atoms with Gasteiger partial charge in [0.1, 0.15) is 0 Å². The minimum atomic E-state index is 0. The predicted octanol–water partition coefficient (Wildman–Crippen LogP) is 5.21. The quantitative estimate of drug-likeness (QED) is 0.667. The molecule has 0 unspecified atom stereocenters. The molecule has 22 heavy (non-hydrogen) atoms. The molecular weight excluding hydrogens is 310 g/mol. The summed E-state index contributed by atoms with van der Waals surface area (Å²) in [6.07, 6.45) is 5.53. The Bertz CT molecular complexity index is 593. The molecule has 0 atom stereocenters. The van der Waals surface area contributed by atoms with Crippen LogP contribution in [0.4, 0.5) is 0 Å². The lowest BCUT2D eigenvalue weighted by Crippen LogP contribution is -2.12. The molecule has 2 rings (SSSR count).